The highest BCUT2D eigenvalue weighted by Gasteiger charge is 2.36. The highest BCUT2D eigenvalue weighted by atomic mass is 32.2. The lowest BCUT2D eigenvalue weighted by atomic mass is 10.1. The maximum Gasteiger partial charge on any atom is 0.279 e. The molecule has 0 spiro atoms. The third kappa shape index (κ3) is 3.71. The Morgan fingerprint density at radius 2 is 1.75 bits per heavy atom. The van der Waals surface area contributed by atoms with Crippen molar-refractivity contribution in [1.29, 1.82) is 0 Å². The highest BCUT2D eigenvalue weighted by Crippen LogP contribution is 2.26. The summed E-state index contributed by atoms with van der Waals surface area (Å²) in [5, 5.41) is 0. The first-order valence-electron chi connectivity index (χ1n) is 7.39. The minimum Gasteiger partial charge on any atom is -0.338 e. The Kier molecular flexibility index (Phi) is 5.04. The van der Waals surface area contributed by atoms with Crippen molar-refractivity contribution in [1.82, 2.24) is 13.9 Å². The van der Waals surface area contributed by atoms with Crippen LogP contribution in [0, 0.1) is 0 Å². The van der Waals surface area contributed by atoms with Gasteiger partial charge in [0.25, 0.3) is 10.2 Å². The lowest BCUT2D eigenvalue weighted by Gasteiger charge is -2.27. The van der Waals surface area contributed by atoms with E-state index in [4.69, 9.17) is 0 Å². The van der Waals surface area contributed by atoms with E-state index in [0.29, 0.717) is 12.6 Å². The van der Waals surface area contributed by atoms with Crippen molar-refractivity contribution in [3.8, 4) is 0 Å². The molecule has 1 saturated carbocycles. The number of nitrogens with one attached hydrogen (secondary N) is 1. The average molecular weight is 303 g/mol. The van der Waals surface area contributed by atoms with Crippen molar-refractivity contribution in [2.75, 3.05) is 20.6 Å². The van der Waals surface area contributed by atoms with Crippen molar-refractivity contribution in [3.63, 3.8) is 0 Å². The van der Waals surface area contributed by atoms with E-state index >= 15 is 0 Å². The molecule has 1 N–H and O–H groups in total. The molecule has 7 heteroatoms. The maximum absolute atomic E-state index is 12.1. The molecule has 0 aromatic carbocycles. The van der Waals surface area contributed by atoms with Crippen LogP contribution in [-0.4, -0.2) is 56.3 Å². The summed E-state index contributed by atoms with van der Waals surface area (Å²) < 4.78 is 27.4. The van der Waals surface area contributed by atoms with Crippen LogP contribution in [0.5, 0.6) is 0 Å². The van der Waals surface area contributed by atoms with Crippen LogP contribution in [0.25, 0.3) is 0 Å². The topological polar surface area (TPSA) is 69.7 Å². The Hall–Kier alpha value is -0.660. The van der Waals surface area contributed by atoms with Gasteiger partial charge in [-0.1, -0.05) is 25.7 Å². The zero-order chi connectivity index (χ0) is 14.8. The SMILES string of the molecule is CN(C)S(=O)(=O)N[C@H]1CC(=O)N(C2CCCCCC2)C1. The molecule has 116 valence electrons. The monoisotopic (exact) mass is 303 g/mol. The molecule has 0 unspecified atom stereocenters. The summed E-state index contributed by atoms with van der Waals surface area (Å²) in [5.41, 5.74) is 0. The van der Waals surface area contributed by atoms with Crippen molar-refractivity contribution < 1.29 is 13.2 Å². The number of carbonyl (C=O) groups is 1. The summed E-state index contributed by atoms with van der Waals surface area (Å²) in [6, 6.07) is 0.0111. The molecule has 0 radical (unpaired) electrons. The predicted octanol–water partition coefficient (Wildman–Crippen LogP) is 0.706. The van der Waals surface area contributed by atoms with Crippen LogP contribution >= 0.6 is 0 Å². The average Bonchev–Trinajstić information content (AvgIpc) is 2.59. The van der Waals surface area contributed by atoms with Crippen LogP contribution in [0.3, 0.4) is 0 Å². The van der Waals surface area contributed by atoms with E-state index in [1.165, 1.54) is 39.8 Å². The van der Waals surface area contributed by atoms with Crippen LogP contribution in [0.1, 0.15) is 44.9 Å². The molecule has 1 aliphatic heterocycles. The summed E-state index contributed by atoms with van der Waals surface area (Å²) in [7, 11) is -0.485. The van der Waals surface area contributed by atoms with Gasteiger partial charge in [-0.25, -0.2) is 0 Å². The lowest BCUT2D eigenvalue weighted by molar-refractivity contribution is -0.129. The van der Waals surface area contributed by atoms with Crippen LogP contribution in [0.15, 0.2) is 0 Å². The molecular formula is C13H25N3O3S. The van der Waals surface area contributed by atoms with E-state index < -0.39 is 10.2 Å². The van der Waals surface area contributed by atoms with E-state index in [-0.39, 0.29) is 18.4 Å². The summed E-state index contributed by atoms with van der Waals surface area (Å²) in [6.45, 7) is 0.510. The van der Waals surface area contributed by atoms with E-state index in [1.807, 2.05) is 4.90 Å². The van der Waals surface area contributed by atoms with Gasteiger partial charge in [-0.05, 0) is 12.8 Å². The molecule has 0 bridgehead atoms. The fourth-order valence-corrected chi connectivity index (χ4v) is 3.84. The van der Waals surface area contributed by atoms with E-state index in [2.05, 4.69) is 4.72 Å². The number of likely N-dealkylation sites (tertiary alicyclic amines) is 1. The van der Waals surface area contributed by atoms with Crippen molar-refractivity contribution in [2.24, 2.45) is 0 Å². The molecule has 1 saturated heterocycles. The molecule has 1 amide bonds. The number of hydrogen-bond donors (Lipinski definition) is 1. The number of nitrogens with zero attached hydrogens (tertiary/aromatic N) is 2. The van der Waals surface area contributed by atoms with Crippen molar-refractivity contribution in [3.05, 3.63) is 0 Å². The van der Waals surface area contributed by atoms with Gasteiger partial charge in [-0.2, -0.15) is 17.4 Å². The quantitative estimate of drug-likeness (QED) is 0.778. The molecule has 6 nitrogen and oxygen atoms in total. The molecule has 2 aliphatic rings. The zero-order valence-corrected chi connectivity index (χ0v) is 13.2. The first kappa shape index (κ1) is 15.7. The number of rotatable bonds is 4. The van der Waals surface area contributed by atoms with Gasteiger partial charge >= 0.3 is 0 Å². The molecule has 0 aromatic heterocycles. The number of amides is 1. The van der Waals surface area contributed by atoms with E-state index in [1.54, 1.807) is 0 Å². The van der Waals surface area contributed by atoms with Gasteiger partial charge in [-0.3, -0.25) is 4.79 Å². The third-order valence-electron chi connectivity index (χ3n) is 4.22. The Labute approximate surface area is 121 Å². The van der Waals surface area contributed by atoms with Crippen LogP contribution in [0.2, 0.25) is 0 Å². The summed E-state index contributed by atoms with van der Waals surface area (Å²) in [5.74, 6) is 0.0864. The molecule has 2 fully saturated rings. The van der Waals surface area contributed by atoms with Crippen LogP contribution < -0.4 is 4.72 Å². The van der Waals surface area contributed by atoms with Gasteiger partial charge in [0.2, 0.25) is 5.91 Å². The lowest BCUT2D eigenvalue weighted by Crippen LogP contribution is -2.44. The van der Waals surface area contributed by atoms with Gasteiger partial charge < -0.3 is 4.90 Å². The highest BCUT2D eigenvalue weighted by molar-refractivity contribution is 7.87. The standard InChI is InChI=1S/C13H25N3O3S/c1-15(2)20(18,19)14-11-9-13(17)16(10-11)12-7-5-3-4-6-8-12/h11-12,14H,3-10H2,1-2H3/t11-/m0/s1. The predicted molar refractivity (Wildman–Crippen MR) is 77.4 cm³/mol. The second-order valence-corrected chi connectivity index (χ2v) is 7.91. The smallest absolute Gasteiger partial charge is 0.279 e. The zero-order valence-electron chi connectivity index (χ0n) is 12.3. The van der Waals surface area contributed by atoms with Crippen molar-refractivity contribution in [2.45, 2.75) is 57.0 Å². The van der Waals surface area contributed by atoms with Crippen molar-refractivity contribution >= 4 is 16.1 Å². The second kappa shape index (κ2) is 6.41. The molecule has 1 heterocycles. The van der Waals surface area contributed by atoms with Gasteiger partial charge in [0.1, 0.15) is 0 Å². The largest absolute Gasteiger partial charge is 0.338 e. The first-order chi connectivity index (χ1) is 9.40. The van der Waals surface area contributed by atoms with Gasteiger partial charge in [0, 0.05) is 39.1 Å². The van der Waals surface area contributed by atoms with Crippen LogP contribution in [-0.2, 0) is 15.0 Å². The normalized spacial score (nSPS) is 26.2. The summed E-state index contributed by atoms with van der Waals surface area (Å²) in [4.78, 5) is 14.0. The molecule has 2 rings (SSSR count). The molecular weight excluding hydrogens is 278 g/mol. The van der Waals surface area contributed by atoms with E-state index in [9.17, 15) is 13.2 Å². The first-order valence-corrected chi connectivity index (χ1v) is 8.83. The minimum atomic E-state index is -3.46. The minimum absolute atomic E-state index is 0.0864. The summed E-state index contributed by atoms with van der Waals surface area (Å²) in [6.07, 6.45) is 7.22. The number of hydrogen-bond acceptors (Lipinski definition) is 3. The summed E-state index contributed by atoms with van der Waals surface area (Å²) >= 11 is 0. The van der Waals surface area contributed by atoms with E-state index in [0.717, 1.165) is 17.1 Å². The Balaban J connectivity index is 1.96. The van der Waals surface area contributed by atoms with Crippen LogP contribution in [0.4, 0.5) is 0 Å². The van der Waals surface area contributed by atoms with Gasteiger partial charge in [0.15, 0.2) is 0 Å². The van der Waals surface area contributed by atoms with Gasteiger partial charge in [0.05, 0.1) is 0 Å². The molecule has 20 heavy (non-hydrogen) atoms. The fourth-order valence-electron chi connectivity index (χ4n) is 3.05. The second-order valence-electron chi connectivity index (χ2n) is 6.00. The Morgan fingerprint density at radius 1 is 1.15 bits per heavy atom. The number of carbonyl (C=O) groups excluding carboxylic acids is 1. The third-order valence-corrected chi connectivity index (χ3v) is 5.81. The molecule has 0 aromatic rings. The molecule has 1 aliphatic carbocycles. The Morgan fingerprint density at radius 3 is 2.30 bits per heavy atom. The molecule has 1 atom stereocenters. The fraction of sp³-hybridized carbons (Fsp3) is 0.923. The maximum atomic E-state index is 12.1. The Bertz CT molecular complexity index is 442. The van der Waals surface area contributed by atoms with Gasteiger partial charge in [-0.15, -0.1) is 0 Å².